The number of phenols is 1. The monoisotopic (exact) mass is 604 g/mol. The molecule has 0 bridgehead atoms. The van der Waals surface area contributed by atoms with Gasteiger partial charge in [-0.1, -0.05) is 18.2 Å². The minimum Gasteiger partial charge on any atom is -0.504 e. The first-order valence-electron chi connectivity index (χ1n) is 14.1. The highest BCUT2D eigenvalue weighted by Gasteiger charge is 2.22. The van der Waals surface area contributed by atoms with Gasteiger partial charge in [0.1, 0.15) is 11.5 Å². The highest BCUT2D eigenvalue weighted by molar-refractivity contribution is 6.02. The number of methoxy groups -OCH3 is 3. The molecule has 1 aromatic heterocycles. The summed E-state index contributed by atoms with van der Waals surface area (Å²) in [6, 6.07) is 28.2. The maximum atomic E-state index is 10.2. The van der Waals surface area contributed by atoms with Crippen LogP contribution in [0.3, 0.4) is 0 Å². The third-order valence-corrected chi connectivity index (χ3v) is 7.16. The van der Waals surface area contributed by atoms with Crippen molar-refractivity contribution in [2.45, 2.75) is 12.5 Å². The molecular formula is C33H32N8O4. The molecule has 0 fully saturated rings. The summed E-state index contributed by atoms with van der Waals surface area (Å²) < 4.78 is 15.7. The van der Waals surface area contributed by atoms with Crippen molar-refractivity contribution >= 4 is 40.6 Å². The van der Waals surface area contributed by atoms with Crippen molar-refractivity contribution in [3.63, 3.8) is 0 Å². The van der Waals surface area contributed by atoms with Gasteiger partial charge in [-0.25, -0.2) is 0 Å². The summed E-state index contributed by atoms with van der Waals surface area (Å²) in [4.78, 5) is 13.8. The van der Waals surface area contributed by atoms with Crippen molar-refractivity contribution in [2.75, 3.05) is 37.3 Å². The fraction of sp³-hybridized carbons (Fsp3) is 0.152. The number of ether oxygens (including phenoxy) is 3. The van der Waals surface area contributed by atoms with E-state index in [1.165, 1.54) is 7.11 Å². The number of aromatic nitrogens is 3. The number of hydrogen-bond acceptors (Lipinski definition) is 12. The third-order valence-electron chi connectivity index (χ3n) is 7.16. The molecule has 1 unspecified atom stereocenters. The normalized spacial score (nSPS) is 13.8. The smallest absolute Gasteiger partial charge is 0.233 e. The Morgan fingerprint density at radius 3 is 1.58 bits per heavy atom. The molecule has 12 nitrogen and oxygen atoms in total. The average molecular weight is 605 g/mol. The van der Waals surface area contributed by atoms with Gasteiger partial charge in [0.2, 0.25) is 17.8 Å². The first kappa shape index (κ1) is 29.1. The first-order valence-corrected chi connectivity index (χ1v) is 14.1. The van der Waals surface area contributed by atoms with Crippen LogP contribution >= 0.6 is 0 Å². The molecule has 5 aromatic rings. The lowest BCUT2D eigenvalue weighted by atomic mass is 9.98. The number of nitrogens with zero attached hydrogens (tertiary/aromatic N) is 4. The van der Waals surface area contributed by atoms with E-state index in [4.69, 9.17) is 14.2 Å². The van der Waals surface area contributed by atoms with Gasteiger partial charge in [0.25, 0.3) is 0 Å². The van der Waals surface area contributed by atoms with Crippen molar-refractivity contribution in [2.24, 2.45) is 5.10 Å². The second-order valence-electron chi connectivity index (χ2n) is 10.1. The molecule has 4 aromatic carbocycles. The summed E-state index contributed by atoms with van der Waals surface area (Å²) in [6.07, 6.45) is 0.673. The van der Waals surface area contributed by atoms with Gasteiger partial charge < -0.3 is 40.7 Å². The highest BCUT2D eigenvalue weighted by atomic mass is 16.5. The maximum absolute atomic E-state index is 10.2. The topological polar surface area (TPSA) is 147 Å². The van der Waals surface area contributed by atoms with Crippen LogP contribution in [0.2, 0.25) is 0 Å². The lowest BCUT2D eigenvalue weighted by Gasteiger charge is -2.13. The van der Waals surface area contributed by atoms with Gasteiger partial charge in [-0.2, -0.15) is 20.1 Å². The van der Waals surface area contributed by atoms with Gasteiger partial charge in [0.05, 0.1) is 33.1 Å². The van der Waals surface area contributed by atoms with E-state index >= 15 is 0 Å². The number of aromatic hydroxyl groups is 1. The van der Waals surface area contributed by atoms with E-state index in [1.54, 1.807) is 26.4 Å². The van der Waals surface area contributed by atoms with Gasteiger partial charge in [-0.05, 0) is 83.9 Å². The van der Waals surface area contributed by atoms with Crippen LogP contribution in [0.5, 0.6) is 23.0 Å². The molecule has 228 valence electrons. The lowest BCUT2D eigenvalue weighted by molar-refractivity contribution is 0.372. The van der Waals surface area contributed by atoms with E-state index in [0.717, 1.165) is 45.4 Å². The highest BCUT2D eigenvalue weighted by Crippen LogP contribution is 2.32. The van der Waals surface area contributed by atoms with Gasteiger partial charge in [-0.15, -0.1) is 0 Å². The molecule has 2 heterocycles. The van der Waals surface area contributed by atoms with Crippen LogP contribution in [0.4, 0.5) is 34.9 Å². The van der Waals surface area contributed by atoms with Crippen LogP contribution in [0.25, 0.3) is 0 Å². The Morgan fingerprint density at radius 2 is 1.13 bits per heavy atom. The molecule has 5 N–H and O–H groups in total. The van der Waals surface area contributed by atoms with Gasteiger partial charge >= 0.3 is 0 Å². The molecule has 0 saturated carbocycles. The summed E-state index contributed by atoms with van der Waals surface area (Å²) in [5.74, 6) is 3.09. The molecule has 0 spiro atoms. The molecule has 0 amide bonds. The number of nitrogens with one attached hydrogen (secondary N) is 4. The Hall–Kier alpha value is -6.04. The van der Waals surface area contributed by atoms with E-state index in [2.05, 4.69) is 41.4 Å². The maximum Gasteiger partial charge on any atom is 0.233 e. The fourth-order valence-corrected chi connectivity index (χ4v) is 4.76. The predicted molar refractivity (Wildman–Crippen MR) is 174 cm³/mol. The minimum atomic E-state index is -0.0481. The van der Waals surface area contributed by atoms with E-state index in [0.29, 0.717) is 30.0 Å². The van der Waals surface area contributed by atoms with Gasteiger partial charge in [-0.3, -0.25) is 0 Å². The zero-order chi connectivity index (χ0) is 31.2. The van der Waals surface area contributed by atoms with E-state index in [1.807, 2.05) is 78.9 Å². The summed E-state index contributed by atoms with van der Waals surface area (Å²) in [6.45, 7) is 0. The van der Waals surface area contributed by atoms with Crippen LogP contribution in [0.1, 0.15) is 23.6 Å². The quantitative estimate of drug-likeness (QED) is 0.116. The SMILES string of the molecule is COc1ccc(Nc2nc(Nc3ccc(OC)cc3)nc(Nc3ccc(C4=NNC(c5ccc(OC)c(O)c5)C4)cc3)n2)cc1. The number of hydrogen-bond donors (Lipinski definition) is 5. The van der Waals surface area contributed by atoms with Crippen LogP contribution < -0.4 is 35.6 Å². The van der Waals surface area contributed by atoms with Crippen LogP contribution in [-0.4, -0.2) is 47.1 Å². The Bertz CT molecular complexity index is 1730. The Balaban J connectivity index is 1.18. The number of phenolic OH excluding ortho intramolecular Hbond substituents is 1. The second kappa shape index (κ2) is 13.1. The summed E-state index contributed by atoms with van der Waals surface area (Å²) in [5.41, 5.74) is 8.37. The number of rotatable bonds is 11. The van der Waals surface area contributed by atoms with Crippen LogP contribution in [0.15, 0.2) is 96.1 Å². The molecule has 1 aliphatic heterocycles. The first-order chi connectivity index (χ1) is 22.0. The molecule has 1 atom stereocenters. The Kier molecular flexibility index (Phi) is 8.45. The average Bonchev–Trinajstić information content (AvgIpc) is 3.56. The van der Waals surface area contributed by atoms with Gasteiger partial charge in [0.15, 0.2) is 11.5 Å². The minimum absolute atomic E-state index is 0.0481. The number of anilines is 6. The third kappa shape index (κ3) is 6.96. The second-order valence-corrected chi connectivity index (χ2v) is 10.1. The van der Waals surface area contributed by atoms with Crippen molar-refractivity contribution in [3.8, 4) is 23.0 Å². The zero-order valence-corrected chi connectivity index (χ0v) is 24.9. The molecule has 1 aliphatic rings. The van der Waals surface area contributed by atoms with Gasteiger partial charge in [0, 0.05) is 23.5 Å². The molecule has 0 saturated heterocycles. The molecule has 0 aliphatic carbocycles. The molecule has 6 rings (SSSR count). The standard InChI is InChI=1S/C33H32N8O4/c1-43-25-13-9-23(10-14-25)35-32-37-31(38-33(39-32)36-24-11-15-26(44-2)16-12-24)34-22-7-4-20(5-8-22)27-19-28(41-40-27)21-6-17-30(45-3)29(42)18-21/h4-18,28,41-42H,19H2,1-3H3,(H3,34,35,36,37,38,39). The molecular weight excluding hydrogens is 572 g/mol. The fourth-order valence-electron chi connectivity index (χ4n) is 4.76. The van der Waals surface area contributed by atoms with Crippen LogP contribution in [0, 0.1) is 0 Å². The zero-order valence-electron chi connectivity index (χ0n) is 24.9. The lowest BCUT2D eigenvalue weighted by Crippen LogP contribution is -2.10. The van der Waals surface area contributed by atoms with E-state index < -0.39 is 0 Å². The number of hydrazone groups is 1. The molecule has 0 radical (unpaired) electrons. The largest absolute Gasteiger partial charge is 0.504 e. The van der Waals surface area contributed by atoms with Crippen molar-refractivity contribution in [3.05, 3.63) is 102 Å². The molecule has 45 heavy (non-hydrogen) atoms. The Morgan fingerprint density at radius 1 is 0.644 bits per heavy atom. The summed E-state index contributed by atoms with van der Waals surface area (Å²) in [7, 11) is 4.78. The molecule has 12 heteroatoms. The van der Waals surface area contributed by atoms with Crippen molar-refractivity contribution < 1.29 is 19.3 Å². The predicted octanol–water partition coefficient (Wildman–Crippen LogP) is 6.27. The van der Waals surface area contributed by atoms with E-state index in [9.17, 15) is 5.11 Å². The van der Waals surface area contributed by atoms with Crippen molar-refractivity contribution in [1.82, 2.24) is 20.4 Å². The summed E-state index contributed by atoms with van der Waals surface area (Å²) in [5, 5.41) is 24.5. The van der Waals surface area contributed by atoms with Crippen molar-refractivity contribution in [1.29, 1.82) is 0 Å². The summed E-state index contributed by atoms with van der Waals surface area (Å²) >= 11 is 0. The number of benzene rings is 4. The Labute approximate surface area is 260 Å². The van der Waals surface area contributed by atoms with Crippen LogP contribution in [-0.2, 0) is 0 Å². The van der Waals surface area contributed by atoms with E-state index in [-0.39, 0.29) is 11.8 Å².